The van der Waals surface area contributed by atoms with Gasteiger partial charge < -0.3 is 9.84 Å². The summed E-state index contributed by atoms with van der Waals surface area (Å²) in [6, 6.07) is 10.9. The van der Waals surface area contributed by atoms with Crippen LogP contribution in [0.1, 0.15) is 41.4 Å². The number of alkyl halides is 6. The molecule has 46 heavy (non-hydrogen) atoms. The summed E-state index contributed by atoms with van der Waals surface area (Å²) in [5.74, 6) is -12.5. The predicted molar refractivity (Wildman–Crippen MR) is 139 cm³/mol. The maximum atomic E-state index is 13.5. The highest BCUT2D eigenvalue weighted by atomic mass is 19.4. The Morgan fingerprint density at radius 2 is 1.20 bits per heavy atom. The summed E-state index contributed by atoms with van der Waals surface area (Å²) in [7, 11) is 0. The number of carbonyl (C=O) groups excluding carboxylic acids is 2. The van der Waals surface area contributed by atoms with Crippen molar-refractivity contribution in [2.75, 3.05) is 6.61 Å². The van der Waals surface area contributed by atoms with Crippen molar-refractivity contribution in [2.45, 2.75) is 49.5 Å². The average Bonchev–Trinajstić information content (AvgIpc) is 3.28. The average molecular weight is 667 g/mol. The van der Waals surface area contributed by atoms with E-state index in [1.54, 1.807) is 30.3 Å². The van der Waals surface area contributed by atoms with Crippen molar-refractivity contribution >= 4 is 18.0 Å². The molecule has 3 aromatic rings. The predicted octanol–water partition coefficient (Wildman–Crippen LogP) is 7.68. The third kappa shape index (κ3) is 9.94. The topological polar surface area (TPSA) is 83.9 Å². The van der Waals surface area contributed by atoms with E-state index in [-0.39, 0.29) is 13.0 Å². The number of ether oxygens (including phenoxy) is 1. The Balaban J connectivity index is 0.000000289. The number of carboxylic acid groups (broad SMARTS) is 1. The number of carbonyl (C=O) groups is 3. The van der Waals surface area contributed by atoms with Gasteiger partial charge in [0.25, 0.3) is 0 Å². The second kappa shape index (κ2) is 14.6. The van der Waals surface area contributed by atoms with Crippen molar-refractivity contribution in [1.82, 2.24) is 4.90 Å². The summed E-state index contributed by atoms with van der Waals surface area (Å²) in [4.78, 5) is 35.5. The zero-order valence-corrected chi connectivity index (χ0v) is 23.2. The summed E-state index contributed by atoms with van der Waals surface area (Å²) in [5.41, 5.74) is -0.693. The van der Waals surface area contributed by atoms with Gasteiger partial charge in [-0.25, -0.2) is 27.3 Å². The van der Waals surface area contributed by atoms with Gasteiger partial charge in [-0.2, -0.15) is 26.3 Å². The van der Waals surface area contributed by atoms with E-state index in [2.05, 4.69) is 0 Å². The highest BCUT2D eigenvalue weighted by molar-refractivity contribution is 5.94. The summed E-state index contributed by atoms with van der Waals surface area (Å²) in [6.45, 7) is -0.148. The molecule has 1 saturated heterocycles. The molecule has 1 aliphatic rings. The Kier molecular flexibility index (Phi) is 11.4. The fourth-order valence-corrected chi connectivity index (χ4v) is 4.65. The van der Waals surface area contributed by atoms with Gasteiger partial charge in [-0.05, 0) is 47.4 Å². The van der Waals surface area contributed by atoms with E-state index in [1.807, 2.05) is 0 Å². The fraction of sp³-hybridized carbons (Fsp3) is 0.300. The van der Waals surface area contributed by atoms with Crippen LogP contribution in [0.4, 0.5) is 48.7 Å². The van der Waals surface area contributed by atoms with Gasteiger partial charge in [0.05, 0.1) is 24.3 Å². The lowest BCUT2D eigenvalue weighted by Crippen LogP contribution is -2.42. The first-order valence-corrected chi connectivity index (χ1v) is 13.1. The van der Waals surface area contributed by atoms with E-state index in [0.717, 1.165) is 5.56 Å². The smallest absolute Gasteiger partial charge is 0.416 e. The van der Waals surface area contributed by atoms with Gasteiger partial charge in [-0.15, -0.1) is 0 Å². The molecule has 0 aliphatic carbocycles. The Hall–Kier alpha value is -4.63. The molecule has 0 saturated carbocycles. The molecule has 0 bridgehead atoms. The minimum Gasteiger partial charge on any atom is -0.481 e. The zero-order valence-electron chi connectivity index (χ0n) is 23.2. The van der Waals surface area contributed by atoms with Crippen LogP contribution < -0.4 is 0 Å². The van der Waals surface area contributed by atoms with E-state index in [1.165, 1.54) is 0 Å². The Labute approximate surface area is 254 Å². The third-order valence-electron chi connectivity index (χ3n) is 6.67. The van der Waals surface area contributed by atoms with Gasteiger partial charge in [0.15, 0.2) is 0 Å². The van der Waals surface area contributed by atoms with E-state index >= 15 is 0 Å². The number of carboxylic acids is 1. The van der Waals surface area contributed by atoms with E-state index in [0.29, 0.717) is 41.3 Å². The first kappa shape index (κ1) is 35.8. The molecule has 0 spiro atoms. The van der Waals surface area contributed by atoms with E-state index in [4.69, 9.17) is 9.84 Å². The molecule has 1 N–H and O–H groups in total. The number of amides is 2. The number of nitrogens with zero attached hydrogens (tertiary/aromatic N) is 1. The van der Waals surface area contributed by atoms with Crippen molar-refractivity contribution in [3.63, 3.8) is 0 Å². The Morgan fingerprint density at radius 1 is 0.761 bits per heavy atom. The van der Waals surface area contributed by atoms with Crippen LogP contribution in [0.5, 0.6) is 0 Å². The Bertz CT molecular complexity index is 1500. The van der Waals surface area contributed by atoms with Crippen molar-refractivity contribution in [3.05, 3.63) is 107 Å². The fourth-order valence-electron chi connectivity index (χ4n) is 4.65. The third-order valence-corrected chi connectivity index (χ3v) is 6.67. The van der Waals surface area contributed by atoms with Gasteiger partial charge in [-0.3, -0.25) is 9.59 Å². The number of imide groups is 1. The van der Waals surface area contributed by atoms with Crippen molar-refractivity contribution in [1.29, 1.82) is 0 Å². The molecule has 3 aromatic carbocycles. The minimum atomic E-state index is -4.95. The van der Waals surface area contributed by atoms with Crippen LogP contribution in [0, 0.1) is 23.3 Å². The van der Waals surface area contributed by atoms with Gasteiger partial charge in [-0.1, -0.05) is 30.3 Å². The van der Waals surface area contributed by atoms with Crippen LogP contribution in [-0.4, -0.2) is 53.0 Å². The maximum Gasteiger partial charge on any atom is 0.416 e. The summed E-state index contributed by atoms with van der Waals surface area (Å²) in [6.07, 6.45) is -13.1. The summed E-state index contributed by atoms with van der Waals surface area (Å²) >= 11 is 0. The van der Waals surface area contributed by atoms with Crippen LogP contribution in [0.2, 0.25) is 0 Å². The van der Waals surface area contributed by atoms with Crippen molar-refractivity contribution in [3.8, 4) is 0 Å². The molecule has 2 amide bonds. The molecule has 0 aromatic heterocycles. The highest BCUT2D eigenvalue weighted by Crippen LogP contribution is 2.39. The van der Waals surface area contributed by atoms with Gasteiger partial charge in [0.1, 0.15) is 29.9 Å². The lowest BCUT2D eigenvalue weighted by atomic mass is 9.93. The van der Waals surface area contributed by atoms with Gasteiger partial charge in [0, 0.05) is 18.6 Å². The van der Waals surface area contributed by atoms with E-state index in [9.17, 15) is 58.3 Å². The molecule has 1 aliphatic heterocycles. The van der Waals surface area contributed by atoms with Crippen LogP contribution in [0.3, 0.4) is 0 Å². The summed E-state index contributed by atoms with van der Waals surface area (Å²) < 4.78 is 135. The quantitative estimate of drug-likeness (QED) is 0.249. The van der Waals surface area contributed by atoms with Crippen LogP contribution in [-0.2, 0) is 20.7 Å². The Morgan fingerprint density at radius 3 is 1.61 bits per heavy atom. The number of hydrogen-bond acceptors (Lipinski definition) is 4. The number of benzene rings is 3. The molecule has 248 valence electrons. The zero-order chi connectivity index (χ0) is 34.4. The molecule has 1 heterocycles. The SMILES string of the molecule is O=C(C[C@@H](c1cc(F)cc(F)c1)C(F)(F)F)N1C(=O)OC[C@@H]1Cc1ccccc1.O=C(O)C[C@@H](c1cc(F)cc(F)c1)C(F)(F)F. The number of halogens is 10. The molecule has 16 heteroatoms. The van der Waals surface area contributed by atoms with E-state index < -0.39 is 95.4 Å². The molecule has 3 atom stereocenters. The number of hydrogen-bond donors (Lipinski definition) is 1. The largest absolute Gasteiger partial charge is 0.481 e. The van der Waals surface area contributed by atoms with Crippen LogP contribution >= 0.6 is 0 Å². The molecule has 1 fully saturated rings. The molecule has 0 radical (unpaired) electrons. The number of rotatable bonds is 8. The van der Waals surface area contributed by atoms with Crippen molar-refractivity contribution in [2.24, 2.45) is 0 Å². The lowest BCUT2D eigenvalue weighted by molar-refractivity contribution is -0.163. The van der Waals surface area contributed by atoms with Gasteiger partial charge in [0.2, 0.25) is 5.91 Å². The second-order valence-electron chi connectivity index (χ2n) is 10.1. The molecular weight excluding hydrogens is 644 g/mol. The molecule has 6 nitrogen and oxygen atoms in total. The monoisotopic (exact) mass is 667 g/mol. The summed E-state index contributed by atoms with van der Waals surface area (Å²) in [5, 5.41) is 8.36. The molecule has 4 rings (SSSR count). The van der Waals surface area contributed by atoms with Gasteiger partial charge >= 0.3 is 24.4 Å². The van der Waals surface area contributed by atoms with Crippen molar-refractivity contribution < 1.29 is 68.1 Å². The molecule has 0 unspecified atom stereocenters. The number of cyclic esters (lactones) is 1. The highest BCUT2D eigenvalue weighted by Gasteiger charge is 2.46. The first-order valence-electron chi connectivity index (χ1n) is 13.1. The second-order valence-corrected chi connectivity index (χ2v) is 10.1. The van der Waals surface area contributed by atoms with Crippen LogP contribution in [0.25, 0.3) is 0 Å². The normalized spacial score (nSPS) is 16.3. The maximum absolute atomic E-state index is 13.5. The standard InChI is InChI=1S/C20H16F5NO3.C10H7F5O2/c21-14-7-13(8-15(22)9-14)17(20(23,24)25)10-18(27)26-16(11-29-19(26)28)6-12-4-2-1-3-5-12;11-6-1-5(2-7(12)3-6)8(4-9(16)17)10(13,14)15/h1-5,7-9,16-17H,6,10-11H2;1-3,8H,4H2,(H,16,17)/t16-,17-;8-/m00/s1. The first-order chi connectivity index (χ1) is 21.3. The lowest BCUT2D eigenvalue weighted by Gasteiger charge is -2.24. The van der Waals surface area contributed by atoms with Crippen LogP contribution in [0.15, 0.2) is 66.7 Å². The number of aliphatic carboxylic acids is 1. The molecular formula is C30H23F10NO5. The minimum absolute atomic E-state index is 0.148.